The van der Waals surface area contributed by atoms with Gasteiger partial charge in [0.1, 0.15) is 6.67 Å². The third-order valence-corrected chi connectivity index (χ3v) is 8.23. The maximum absolute atomic E-state index is 13.4. The van der Waals surface area contributed by atoms with E-state index < -0.39 is 12.1 Å². The van der Waals surface area contributed by atoms with E-state index in [2.05, 4.69) is 70.1 Å². The van der Waals surface area contributed by atoms with Crippen molar-refractivity contribution in [2.75, 3.05) is 13.6 Å². The summed E-state index contributed by atoms with van der Waals surface area (Å²) in [6.45, 7) is 8.56. The van der Waals surface area contributed by atoms with Gasteiger partial charge in [0.2, 0.25) is 0 Å². The minimum absolute atomic E-state index is 0.408. The second-order valence-corrected chi connectivity index (χ2v) is 11.0. The molecule has 0 saturated heterocycles. The molecule has 7 nitrogen and oxygen atoms in total. The fourth-order valence-corrected chi connectivity index (χ4v) is 5.59. The highest BCUT2D eigenvalue weighted by molar-refractivity contribution is 5.78. The van der Waals surface area contributed by atoms with Crippen LogP contribution in [0.25, 0.3) is 5.57 Å². The van der Waals surface area contributed by atoms with Crippen LogP contribution in [-0.4, -0.2) is 41.1 Å². The molecule has 2 aromatic heterocycles. The van der Waals surface area contributed by atoms with E-state index in [1.54, 1.807) is 30.9 Å². The van der Waals surface area contributed by atoms with Crippen LogP contribution in [0, 0.1) is 0 Å². The second kappa shape index (κ2) is 15.2. The number of aliphatic imine (C=N–C) groups is 2. The van der Waals surface area contributed by atoms with Crippen LogP contribution in [0.1, 0.15) is 60.3 Å². The molecule has 228 valence electrons. The van der Waals surface area contributed by atoms with Crippen LogP contribution in [0.2, 0.25) is 0 Å². The molecule has 1 unspecified atom stereocenters. The van der Waals surface area contributed by atoms with Crippen LogP contribution in [0.5, 0.6) is 0 Å². The molecular weight excluding hydrogens is 549 g/mol. The molecule has 0 aliphatic heterocycles. The van der Waals surface area contributed by atoms with Crippen molar-refractivity contribution in [3.63, 3.8) is 0 Å². The van der Waals surface area contributed by atoms with Gasteiger partial charge >= 0.3 is 0 Å². The molecule has 2 aromatic carbocycles. The van der Waals surface area contributed by atoms with Crippen molar-refractivity contribution in [1.29, 1.82) is 0 Å². The van der Waals surface area contributed by atoms with Gasteiger partial charge in [0.05, 0.1) is 34.5 Å². The fourth-order valence-electron chi connectivity index (χ4n) is 5.59. The van der Waals surface area contributed by atoms with Crippen molar-refractivity contribution in [2.24, 2.45) is 22.8 Å². The van der Waals surface area contributed by atoms with Crippen molar-refractivity contribution < 1.29 is 4.39 Å². The third-order valence-electron chi connectivity index (χ3n) is 8.23. The molecule has 3 N–H and O–H groups in total. The molecule has 4 aromatic rings. The number of allylic oxidation sites excluding steroid dienone is 3. The number of imidazole rings is 1. The molecule has 0 aliphatic rings. The molecule has 2 heterocycles. The number of pyridine rings is 1. The summed E-state index contributed by atoms with van der Waals surface area (Å²) in [7, 11) is 3.97. The molecule has 0 radical (unpaired) electrons. The van der Waals surface area contributed by atoms with Crippen molar-refractivity contribution in [3.05, 3.63) is 125 Å². The number of nitrogens with one attached hydrogen (secondary N) is 1. The summed E-state index contributed by atoms with van der Waals surface area (Å²) in [6.07, 6.45) is 13.0. The first kappa shape index (κ1) is 32.2. The van der Waals surface area contributed by atoms with Gasteiger partial charge in [-0.2, -0.15) is 0 Å². The van der Waals surface area contributed by atoms with E-state index in [-0.39, 0.29) is 0 Å². The number of hydrogen-bond acceptors (Lipinski definition) is 6. The number of hydrogen-bond donors (Lipinski definition) is 2. The number of rotatable bonds is 14. The average molecular weight is 592 g/mol. The number of benzene rings is 2. The first-order chi connectivity index (χ1) is 21.3. The smallest absolute Gasteiger partial charge is 0.131 e. The number of alkyl halides is 1. The Morgan fingerprint density at radius 2 is 1.89 bits per heavy atom. The Morgan fingerprint density at radius 1 is 1.11 bits per heavy atom. The number of aromatic nitrogens is 3. The highest BCUT2D eigenvalue weighted by Crippen LogP contribution is 2.42. The van der Waals surface area contributed by atoms with Gasteiger partial charge in [-0.3, -0.25) is 15.0 Å². The Balaban J connectivity index is 1.83. The van der Waals surface area contributed by atoms with Crippen molar-refractivity contribution >= 4 is 29.9 Å². The predicted octanol–water partition coefficient (Wildman–Crippen LogP) is 7.16. The minimum Gasteiger partial charge on any atom is -0.405 e. The van der Waals surface area contributed by atoms with Gasteiger partial charge in [-0.15, -0.1) is 0 Å². The quantitative estimate of drug-likeness (QED) is 0.120. The maximum atomic E-state index is 13.4. The highest BCUT2D eigenvalue weighted by atomic mass is 19.1. The van der Waals surface area contributed by atoms with E-state index in [0.717, 1.165) is 59.6 Å². The normalized spacial score (nSPS) is 13.8. The van der Waals surface area contributed by atoms with E-state index in [1.807, 2.05) is 49.1 Å². The van der Waals surface area contributed by atoms with Crippen LogP contribution >= 0.6 is 0 Å². The first-order valence-electron chi connectivity index (χ1n) is 14.8. The van der Waals surface area contributed by atoms with E-state index in [1.165, 1.54) is 22.9 Å². The molecule has 0 spiro atoms. The second-order valence-electron chi connectivity index (χ2n) is 11.0. The van der Waals surface area contributed by atoms with E-state index >= 15 is 0 Å². The van der Waals surface area contributed by atoms with Gasteiger partial charge in [-0.1, -0.05) is 29.8 Å². The van der Waals surface area contributed by atoms with Crippen LogP contribution in [-0.2, 0) is 25.6 Å². The Hall–Kier alpha value is -4.69. The third kappa shape index (κ3) is 7.26. The zero-order chi connectivity index (χ0) is 31.5. The molecule has 8 heteroatoms. The van der Waals surface area contributed by atoms with E-state index in [9.17, 15) is 4.39 Å². The van der Waals surface area contributed by atoms with Gasteiger partial charge < -0.3 is 15.6 Å². The predicted molar refractivity (Wildman–Crippen MR) is 181 cm³/mol. The largest absolute Gasteiger partial charge is 0.405 e. The Labute approximate surface area is 260 Å². The summed E-state index contributed by atoms with van der Waals surface area (Å²) in [4.78, 5) is 17.7. The molecule has 0 saturated carbocycles. The summed E-state index contributed by atoms with van der Waals surface area (Å²) < 4.78 is 15.4. The maximum Gasteiger partial charge on any atom is 0.131 e. The number of aryl methyl sites for hydroxylation is 1. The summed E-state index contributed by atoms with van der Waals surface area (Å²) in [5.41, 5.74) is 14.7. The van der Waals surface area contributed by atoms with Gasteiger partial charge in [-0.25, -0.2) is 9.37 Å². The van der Waals surface area contributed by atoms with Gasteiger partial charge in [0.25, 0.3) is 0 Å². The van der Waals surface area contributed by atoms with Crippen LogP contribution in [0.4, 0.5) is 15.8 Å². The zero-order valence-corrected chi connectivity index (χ0v) is 26.1. The fraction of sp³-hybridized carbons (Fsp3) is 0.278. The lowest BCUT2D eigenvalue weighted by atomic mass is 9.73. The molecule has 0 aliphatic carbocycles. The van der Waals surface area contributed by atoms with Crippen LogP contribution in [0.3, 0.4) is 0 Å². The standard InChI is InChI=1S/C36H42FN7/c1-26(28(8-6-18-39-3)20-27-9-13-31(14-10-27)42-19-7-17-38)33-21-29(12-16-34(33)40-4)36(2,35-24-41-25-44(35)5)30-11-15-32(22-37)43-23-30/h7,9-17,19,21,23-25,39H,4,6,8,18,20,22,38H2,1-3,5H3/b17-7?,28-26+,42-19?. The van der Waals surface area contributed by atoms with Crippen molar-refractivity contribution in [2.45, 2.75) is 45.2 Å². The highest BCUT2D eigenvalue weighted by Gasteiger charge is 2.35. The SMILES string of the molecule is C=Nc1ccc(C(C)(c2ccc(CF)nc2)c2cncn2C)cc1/C(C)=C(\CCCNC)Cc1ccc(N=CC=CN)cc1. The topological polar surface area (TPSA) is 93.5 Å². The summed E-state index contributed by atoms with van der Waals surface area (Å²) in [5.74, 6) is 0. The van der Waals surface area contributed by atoms with E-state index in [0.29, 0.717) is 5.69 Å². The van der Waals surface area contributed by atoms with Gasteiger partial charge in [0.15, 0.2) is 0 Å². The monoisotopic (exact) mass is 591 g/mol. The van der Waals surface area contributed by atoms with Crippen molar-refractivity contribution in [1.82, 2.24) is 19.9 Å². The van der Waals surface area contributed by atoms with Crippen LogP contribution in [0.15, 0.2) is 101 Å². The lowest BCUT2D eigenvalue weighted by Gasteiger charge is -2.32. The molecule has 0 amide bonds. The molecular formula is C36H42FN7. The Kier molecular flexibility index (Phi) is 11.1. The Bertz CT molecular complexity index is 1630. The Morgan fingerprint density at radius 3 is 2.50 bits per heavy atom. The summed E-state index contributed by atoms with van der Waals surface area (Å²) >= 11 is 0. The molecule has 44 heavy (non-hydrogen) atoms. The molecule has 0 fully saturated rings. The lowest BCUT2D eigenvalue weighted by molar-refractivity contribution is 0.475. The van der Waals surface area contributed by atoms with Crippen molar-refractivity contribution in [3.8, 4) is 0 Å². The average Bonchev–Trinajstić information content (AvgIpc) is 3.50. The van der Waals surface area contributed by atoms with Crippen LogP contribution < -0.4 is 11.1 Å². The number of halogens is 1. The zero-order valence-electron chi connectivity index (χ0n) is 26.1. The first-order valence-corrected chi connectivity index (χ1v) is 14.8. The van der Waals surface area contributed by atoms with Gasteiger partial charge in [-0.05, 0) is 118 Å². The molecule has 4 rings (SSSR count). The minimum atomic E-state index is -0.608. The summed E-state index contributed by atoms with van der Waals surface area (Å²) in [5, 5.41) is 3.28. The summed E-state index contributed by atoms with van der Waals surface area (Å²) in [6, 6.07) is 18.4. The number of nitrogens with zero attached hydrogens (tertiary/aromatic N) is 5. The van der Waals surface area contributed by atoms with E-state index in [4.69, 9.17) is 5.73 Å². The molecule has 0 bridgehead atoms. The molecule has 1 atom stereocenters. The lowest BCUT2D eigenvalue weighted by Crippen LogP contribution is -2.28. The number of nitrogens with two attached hydrogens (primary N) is 1. The van der Waals surface area contributed by atoms with Gasteiger partial charge in [0, 0.05) is 31.2 Å².